The molecule has 3 N–H and O–H groups in total. The van der Waals surface area contributed by atoms with E-state index in [0.29, 0.717) is 30.9 Å². The second-order valence-corrected chi connectivity index (χ2v) is 9.26. The summed E-state index contributed by atoms with van der Waals surface area (Å²) in [5, 5.41) is 15.5. The van der Waals surface area contributed by atoms with Gasteiger partial charge < -0.3 is 15.7 Å². The number of aromatic carboxylic acids is 1. The van der Waals surface area contributed by atoms with Crippen molar-refractivity contribution in [3.8, 4) is 0 Å². The lowest BCUT2D eigenvalue weighted by atomic mass is 9.53. The van der Waals surface area contributed by atoms with Gasteiger partial charge in [0.05, 0.1) is 5.56 Å². The summed E-state index contributed by atoms with van der Waals surface area (Å²) in [6.45, 7) is 3.56. The summed E-state index contributed by atoms with van der Waals surface area (Å²) >= 11 is 0. The van der Waals surface area contributed by atoms with Gasteiger partial charge >= 0.3 is 5.97 Å². The minimum absolute atomic E-state index is 0.0457. The van der Waals surface area contributed by atoms with Crippen molar-refractivity contribution in [2.45, 2.75) is 63.2 Å². The van der Waals surface area contributed by atoms with Gasteiger partial charge in [-0.1, -0.05) is 6.07 Å². The van der Waals surface area contributed by atoms with Crippen molar-refractivity contribution < 1.29 is 19.1 Å². The summed E-state index contributed by atoms with van der Waals surface area (Å²) in [6.07, 6.45) is 3.87. The van der Waals surface area contributed by atoms with Gasteiger partial charge in [-0.15, -0.1) is 0 Å². The van der Waals surface area contributed by atoms with Crippen LogP contribution in [0.5, 0.6) is 0 Å². The second-order valence-electron chi connectivity index (χ2n) is 9.26. The number of amides is 1. The minimum Gasteiger partial charge on any atom is -0.478 e. The number of carboxylic acid groups (broad SMARTS) is 1. The molecule has 3 unspecified atom stereocenters. The van der Waals surface area contributed by atoms with Crippen LogP contribution in [0.25, 0.3) is 0 Å². The molecule has 4 aliphatic rings. The highest BCUT2D eigenvalue weighted by Crippen LogP contribution is 2.57. The van der Waals surface area contributed by atoms with Gasteiger partial charge in [0, 0.05) is 11.7 Å². The predicted octanol–water partition coefficient (Wildman–Crippen LogP) is 3.61. The Morgan fingerprint density at radius 1 is 1.19 bits per heavy atom. The number of hydrogen-bond donors (Lipinski definition) is 3. The highest BCUT2D eigenvalue weighted by atomic mass is 19.1. The van der Waals surface area contributed by atoms with E-state index in [9.17, 15) is 14.0 Å². The molecule has 1 aromatic carbocycles. The minimum atomic E-state index is -1.01. The van der Waals surface area contributed by atoms with Crippen LogP contribution in [0.3, 0.4) is 0 Å². The largest absolute Gasteiger partial charge is 0.478 e. The SMILES string of the molecule is CC(C)(Nc1cccc(C(=O)O)c1)C(=O)NC1[C@@H]2CC3C[C@H]1CC(F)(C3)C2. The molecule has 27 heavy (non-hydrogen) atoms. The third-order valence-corrected chi connectivity index (χ3v) is 6.63. The van der Waals surface area contributed by atoms with E-state index in [2.05, 4.69) is 10.6 Å². The van der Waals surface area contributed by atoms with Crippen LogP contribution >= 0.6 is 0 Å². The third kappa shape index (κ3) is 3.42. The average molecular weight is 374 g/mol. The van der Waals surface area contributed by atoms with Crippen LogP contribution in [0.4, 0.5) is 10.1 Å². The van der Waals surface area contributed by atoms with Crippen molar-refractivity contribution in [1.29, 1.82) is 0 Å². The van der Waals surface area contributed by atoms with Crippen LogP contribution < -0.4 is 10.6 Å². The van der Waals surface area contributed by atoms with Gasteiger partial charge in [-0.3, -0.25) is 4.79 Å². The normalized spacial score (nSPS) is 34.3. The molecule has 0 radical (unpaired) electrons. The maximum Gasteiger partial charge on any atom is 0.335 e. The van der Waals surface area contributed by atoms with E-state index in [4.69, 9.17) is 5.11 Å². The summed E-state index contributed by atoms with van der Waals surface area (Å²) in [6, 6.07) is 6.48. The lowest BCUT2D eigenvalue weighted by Crippen LogP contribution is -2.63. The number of nitrogens with one attached hydrogen (secondary N) is 2. The van der Waals surface area contributed by atoms with Crippen molar-refractivity contribution in [1.82, 2.24) is 5.32 Å². The fraction of sp³-hybridized carbons (Fsp3) is 0.619. The number of anilines is 1. The summed E-state index contributed by atoms with van der Waals surface area (Å²) in [4.78, 5) is 24.1. The smallest absolute Gasteiger partial charge is 0.335 e. The average Bonchev–Trinajstić information content (AvgIpc) is 2.56. The predicted molar refractivity (Wildman–Crippen MR) is 100 cm³/mol. The lowest BCUT2D eigenvalue weighted by molar-refractivity contribution is -0.133. The maximum atomic E-state index is 14.8. The molecule has 4 saturated carbocycles. The Labute approximate surface area is 158 Å². The summed E-state index contributed by atoms with van der Waals surface area (Å²) < 4.78 is 14.8. The van der Waals surface area contributed by atoms with Crippen molar-refractivity contribution in [3.63, 3.8) is 0 Å². The van der Waals surface area contributed by atoms with Gasteiger partial charge in [-0.05, 0) is 81.9 Å². The molecule has 0 aromatic heterocycles. The number of carbonyl (C=O) groups is 2. The molecular formula is C21H27FN2O3. The Bertz CT molecular complexity index is 762. The Morgan fingerprint density at radius 3 is 2.44 bits per heavy atom. The lowest BCUT2D eigenvalue weighted by Gasteiger charge is -2.57. The maximum absolute atomic E-state index is 14.8. The fourth-order valence-corrected chi connectivity index (χ4v) is 5.64. The first kappa shape index (κ1) is 18.3. The zero-order chi connectivity index (χ0) is 19.4. The number of benzene rings is 1. The first-order valence-corrected chi connectivity index (χ1v) is 9.77. The van der Waals surface area contributed by atoms with Crippen molar-refractivity contribution in [3.05, 3.63) is 29.8 Å². The van der Waals surface area contributed by atoms with Crippen molar-refractivity contribution >= 4 is 17.6 Å². The van der Waals surface area contributed by atoms with Crippen LogP contribution in [0.2, 0.25) is 0 Å². The van der Waals surface area contributed by atoms with E-state index in [-0.39, 0.29) is 29.3 Å². The van der Waals surface area contributed by atoms with Crippen LogP contribution in [0.1, 0.15) is 56.3 Å². The summed E-state index contributed by atoms with van der Waals surface area (Å²) in [5.74, 6) is -0.193. The molecule has 0 saturated heterocycles. The molecule has 4 aliphatic carbocycles. The second kappa shape index (κ2) is 6.21. The zero-order valence-electron chi connectivity index (χ0n) is 15.8. The summed E-state index contributed by atoms with van der Waals surface area (Å²) in [5.41, 5.74) is -1.16. The topological polar surface area (TPSA) is 78.4 Å². The monoisotopic (exact) mass is 374 g/mol. The van der Waals surface area contributed by atoms with E-state index in [1.165, 1.54) is 12.1 Å². The Hall–Kier alpha value is -2.11. The van der Waals surface area contributed by atoms with Gasteiger partial charge in [0.1, 0.15) is 11.2 Å². The quantitative estimate of drug-likeness (QED) is 0.736. The van der Waals surface area contributed by atoms with E-state index in [1.54, 1.807) is 26.0 Å². The number of carboxylic acids is 1. The molecule has 5 rings (SSSR count). The Morgan fingerprint density at radius 2 is 1.85 bits per heavy atom. The molecule has 146 valence electrons. The molecule has 1 amide bonds. The van der Waals surface area contributed by atoms with E-state index >= 15 is 0 Å². The van der Waals surface area contributed by atoms with Crippen LogP contribution in [-0.2, 0) is 4.79 Å². The zero-order valence-corrected chi connectivity index (χ0v) is 15.8. The third-order valence-electron chi connectivity index (χ3n) is 6.63. The van der Waals surface area contributed by atoms with Gasteiger partial charge in [0.15, 0.2) is 0 Å². The van der Waals surface area contributed by atoms with Gasteiger partial charge in [0.25, 0.3) is 0 Å². The highest BCUT2D eigenvalue weighted by molar-refractivity contribution is 5.91. The van der Waals surface area contributed by atoms with E-state index < -0.39 is 17.2 Å². The Kier molecular flexibility index (Phi) is 4.20. The number of rotatable bonds is 5. The van der Waals surface area contributed by atoms with Crippen LogP contribution in [0.15, 0.2) is 24.3 Å². The number of hydrogen-bond acceptors (Lipinski definition) is 3. The fourth-order valence-electron chi connectivity index (χ4n) is 5.64. The van der Waals surface area contributed by atoms with E-state index in [1.807, 2.05) is 0 Å². The molecular weight excluding hydrogens is 347 g/mol. The van der Waals surface area contributed by atoms with Crippen molar-refractivity contribution in [2.75, 3.05) is 5.32 Å². The van der Waals surface area contributed by atoms with Crippen LogP contribution in [-0.4, -0.2) is 34.2 Å². The van der Waals surface area contributed by atoms with Gasteiger partial charge in [-0.2, -0.15) is 0 Å². The number of halogens is 1. The first-order valence-electron chi connectivity index (χ1n) is 9.77. The van der Waals surface area contributed by atoms with Gasteiger partial charge in [-0.25, -0.2) is 9.18 Å². The Balaban J connectivity index is 1.44. The highest BCUT2D eigenvalue weighted by Gasteiger charge is 2.56. The molecule has 0 heterocycles. The molecule has 4 bridgehead atoms. The number of alkyl halides is 1. The molecule has 0 aliphatic heterocycles. The van der Waals surface area contributed by atoms with E-state index in [0.717, 1.165) is 12.8 Å². The standard InChI is InChI=1S/C21H27FN2O3/c1-20(2,24-16-5-3-4-13(8-16)18(25)26)19(27)23-17-14-6-12-7-15(17)11-21(22,9-12)10-14/h3-5,8,12,14-15,17,24H,6-7,9-11H2,1-2H3,(H,23,27)(H,25,26)/t12?,14-,15+,17?,21?. The molecule has 6 heteroatoms. The molecule has 5 atom stereocenters. The van der Waals surface area contributed by atoms with Crippen LogP contribution in [0, 0.1) is 17.8 Å². The molecule has 4 fully saturated rings. The molecule has 5 nitrogen and oxygen atoms in total. The molecule has 1 aromatic rings. The first-order chi connectivity index (χ1) is 12.7. The number of carbonyl (C=O) groups excluding carboxylic acids is 1. The molecule has 0 spiro atoms. The summed E-state index contributed by atoms with van der Waals surface area (Å²) in [7, 11) is 0. The van der Waals surface area contributed by atoms with Crippen molar-refractivity contribution in [2.24, 2.45) is 17.8 Å². The van der Waals surface area contributed by atoms with Gasteiger partial charge in [0.2, 0.25) is 5.91 Å².